The molecule has 140 valence electrons. The van der Waals surface area contributed by atoms with Crippen molar-refractivity contribution in [3.63, 3.8) is 0 Å². The van der Waals surface area contributed by atoms with Gasteiger partial charge in [-0.05, 0) is 11.1 Å². The van der Waals surface area contributed by atoms with E-state index >= 15 is 0 Å². The summed E-state index contributed by atoms with van der Waals surface area (Å²) in [5, 5.41) is 2.50. The van der Waals surface area contributed by atoms with Crippen molar-refractivity contribution in [2.75, 3.05) is 0 Å². The lowest BCUT2D eigenvalue weighted by Gasteiger charge is -2.15. The van der Waals surface area contributed by atoms with Crippen molar-refractivity contribution in [3.05, 3.63) is 71.8 Å². The van der Waals surface area contributed by atoms with Gasteiger partial charge in [-0.1, -0.05) is 87.4 Å². The Balaban J connectivity index is 0.000000765. The number of hydrogen-bond acceptors (Lipinski definition) is 3. The molecule has 1 atom stereocenters. The predicted octanol–water partition coefficient (Wildman–Crippen LogP) is 3.82. The molecule has 5 nitrogen and oxygen atoms in total. The van der Waals surface area contributed by atoms with Crippen LogP contribution in [0.2, 0.25) is 0 Å². The standard InChI is InChI=1S/C17H18N2O3.C4H10/c18-16(20)15(11-13-7-3-1-4-8-13)19-17(21)22-12-14-9-5-2-6-10-14;1-3-4-2/h1-10,15H,11-12H2,(H2,18,20)(H,19,21);3-4H2,1-2H3. The van der Waals surface area contributed by atoms with Gasteiger partial charge in [0, 0.05) is 6.42 Å². The number of primary amides is 1. The lowest BCUT2D eigenvalue weighted by Crippen LogP contribution is -2.46. The molecule has 0 saturated heterocycles. The van der Waals surface area contributed by atoms with Crippen molar-refractivity contribution in [2.45, 2.75) is 45.8 Å². The number of rotatable bonds is 7. The number of amides is 2. The number of alkyl carbamates (subject to hydrolysis) is 1. The molecule has 2 aromatic carbocycles. The molecule has 0 aliphatic rings. The van der Waals surface area contributed by atoms with Crippen LogP contribution in [0, 0.1) is 0 Å². The van der Waals surface area contributed by atoms with Crippen LogP contribution in [0.1, 0.15) is 37.8 Å². The molecule has 0 fully saturated rings. The van der Waals surface area contributed by atoms with Crippen LogP contribution in [-0.2, 0) is 22.6 Å². The van der Waals surface area contributed by atoms with Crippen molar-refractivity contribution < 1.29 is 14.3 Å². The molecule has 0 aliphatic carbocycles. The first-order chi connectivity index (χ1) is 12.6. The van der Waals surface area contributed by atoms with Crippen LogP contribution in [0.15, 0.2) is 60.7 Å². The minimum atomic E-state index is -0.800. The molecule has 0 saturated carbocycles. The van der Waals surface area contributed by atoms with E-state index in [1.165, 1.54) is 12.8 Å². The summed E-state index contributed by atoms with van der Waals surface area (Å²) in [5.74, 6) is -0.597. The summed E-state index contributed by atoms with van der Waals surface area (Å²) < 4.78 is 5.09. The smallest absolute Gasteiger partial charge is 0.408 e. The van der Waals surface area contributed by atoms with E-state index in [1.807, 2.05) is 60.7 Å². The maximum Gasteiger partial charge on any atom is 0.408 e. The average molecular weight is 356 g/mol. The fraction of sp³-hybridized carbons (Fsp3) is 0.333. The minimum Gasteiger partial charge on any atom is -0.445 e. The zero-order valence-electron chi connectivity index (χ0n) is 15.5. The van der Waals surface area contributed by atoms with E-state index in [4.69, 9.17) is 10.5 Å². The molecular weight excluding hydrogens is 328 g/mol. The first-order valence-electron chi connectivity index (χ1n) is 8.87. The number of nitrogens with one attached hydrogen (secondary N) is 1. The Hall–Kier alpha value is -2.82. The van der Waals surface area contributed by atoms with Crippen LogP contribution in [-0.4, -0.2) is 18.0 Å². The van der Waals surface area contributed by atoms with Gasteiger partial charge in [-0.15, -0.1) is 0 Å². The van der Waals surface area contributed by atoms with Crippen molar-refractivity contribution in [2.24, 2.45) is 5.73 Å². The summed E-state index contributed by atoms with van der Waals surface area (Å²) in [4.78, 5) is 23.2. The molecule has 3 N–H and O–H groups in total. The Labute approximate surface area is 155 Å². The highest BCUT2D eigenvalue weighted by Crippen LogP contribution is 2.04. The number of nitrogens with two attached hydrogens (primary N) is 1. The second-order valence-electron chi connectivity index (χ2n) is 5.85. The van der Waals surface area contributed by atoms with Crippen molar-refractivity contribution >= 4 is 12.0 Å². The van der Waals surface area contributed by atoms with Crippen LogP contribution in [0.4, 0.5) is 4.79 Å². The highest BCUT2D eigenvalue weighted by Gasteiger charge is 2.19. The summed E-state index contributed by atoms with van der Waals surface area (Å²) in [6.07, 6.45) is 2.31. The van der Waals surface area contributed by atoms with E-state index in [0.717, 1.165) is 11.1 Å². The number of carbonyl (C=O) groups excluding carboxylic acids is 2. The summed E-state index contributed by atoms with van der Waals surface area (Å²) in [5.41, 5.74) is 7.11. The molecule has 26 heavy (non-hydrogen) atoms. The van der Waals surface area contributed by atoms with Crippen LogP contribution in [0.25, 0.3) is 0 Å². The second kappa shape index (κ2) is 12.5. The van der Waals surface area contributed by atoms with Crippen LogP contribution < -0.4 is 11.1 Å². The Morgan fingerprint density at radius 1 is 0.923 bits per heavy atom. The minimum absolute atomic E-state index is 0.142. The van der Waals surface area contributed by atoms with Gasteiger partial charge in [0.2, 0.25) is 5.91 Å². The number of ether oxygens (including phenoxy) is 1. The molecule has 2 aromatic rings. The van der Waals surface area contributed by atoms with Crippen LogP contribution in [0.5, 0.6) is 0 Å². The van der Waals surface area contributed by atoms with Gasteiger partial charge in [0.05, 0.1) is 0 Å². The normalized spacial score (nSPS) is 10.8. The van der Waals surface area contributed by atoms with Crippen LogP contribution in [0.3, 0.4) is 0 Å². The molecule has 5 heteroatoms. The Morgan fingerprint density at radius 3 is 1.88 bits per heavy atom. The molecule has 0 bridgehead atoms. The van der Waals surface area contributed by atoms with E-state index in [1.54, 1.807) is 0 Å². The molecule has 0 aromatic heterocycles. The summed E-state index contributed by atoms with van der Waals surface area (Å²) in [7, 11) is 0. The number of unbranched alkanes of at least 4 members (excludes halogenated alkanes) is 1. The summed E-state index contributed by atoms with van der Waals surface area (Å²) in [6, 6.07) is 17.8. The van der Waals surface area contributed by atoms with E-state index in [-0.39, 0.29) is 6.61 Å². The van der Waals surface area contributed by atoms with Crippen molar-refractivity contribution in [3.8, 4) is 0 Å². The zero-order chi connectivity index (χ0) is 19.2. The Kier molecular flexibility index (Phi) is 10.2. The fourth-order valence-electron chi connectivity index (χ4n) is 1.98. The van der Waals surface area contributed by atoms with E-state index in [0.29, 0.717) is 6.42 Å². The number of hydrogen-bond donors (Lipinski definition) is 2. The monoisotopic (exact) mass is 356 g/mol. The first kappa shape index (κ1) is 21.2. The maximum absolute atomic E-state index is 11.8. The molecule has 2 amide bonds. The lowest BCUT2D eigenvalue weighted by atomic mass is 10.1. The Bertz CT molecular complexity index is 643. The van der Waals surface area contributed by atoms with Gasteiger partial charge in [0.25, 0.3) is 0 Å². The highest BCUT2D eigenvalue weighted by molar-refractivity contribution is 5.84. The maximum atomic E-state index is 11.8. The average Bonchev–Trinajstić information content (AvgIpc) is 2.67. The van der Waals surface area contributed by atoms with Gasteiger partial charge in [-0.3, -0.25) is 4.79 Å². The van der Waals surface area contributed by atoms with E-state index in [2.05, 4.69) is 19.2 Å². The second-order valence-corrected chi connectivity index (χ2v) is 5.85. The van der Waals surface area contributed by atoms with E-state index < -0.39 is 18.0 Å². The number of carbonyl (C=O) groups is 2. The van der Waals surface area contributed by atoms with Gasteiger partial charge < -0.3 is 15.8 Å². The van der Waals surface area contributed by atoms with Gasteiger partial charge >= 0.3 is 6.09 Å². The number of benzene rings is 2. The highest BCUT2D eigenvalue weighted by atomic mass is 16.5. The van der Waals surface area contributed by atoms with Crippen molar-refractivity contribution in [1.82, 2.24) is 5.32 Å². The van der Waals surface area contributed by atoms with Crippen LogP contribution >= 0.6 is 0 Å². The van der Waals surface area contributed by atoms with Crippen molar-refractivity contribution in [1.29, 1.82) is 0 Å². The third kappa shape index (κ3) is 8.87. The summed E-state index contributed by atoms with van der Waals surface area (Å²) in [6.45, 7) is 4.50. The fourth-order valence-corrected chi connectivity index (χ4v) is 1.98. The topological polar surface area (TPSA) is 81.4 Å². The molecule has 0 heterocycles. The molecule has 0 aliphatic heterocycles. The third-order valence-electron chi connectivity index (χ3n) is 3.63. The molecule has 0 radical (unpaired) electrons. The van der Waals surface area contributed by atoms with E-state index in [9.17, 15) is 9.59 Å². The summed E-state index contributed by atoms with van der Waals surface area (Å²) >= 11 is 0. The lowest BCUT2D eigenvalue weighted by molar-refractivity contribution is -0.119. The van der Waals surface area contributed by atoms with Gasteiger partial charge in [0.1, 0.15) is 12.6 Å². The quantitative estimate of drug-likeness (QED) is 0.791. The largest absolute Gasteiger partial charge is 0.445 e. The van der Waals surface area contributed by atoms with Gasteiger partial charge in [-0.2, -0.15) is 0 Å². The third-order valence-corrected chi connectivity index (χ3v) is 3.63. The molecule has 2 rings (SSSR count). The first-order valence-corrected chi connectivity index (χ1v) is 8.87. The van der Waals surface area contributed by atoms with Gasteiger partial charge in [-0.25, -0.2) is 4.79 Å². The molecule has 1 unspecified atom stereocenters. The molecular formula is C21H28N2O3. The Morgan fingerprint density at radius 2 is 1.42 bits per heavy atom. The molecule has 0 spiro atoms. The van der Waals surface area contributed by atoms with Gasteiger partial charge in [0.15, 0.2) is 0 Å². The predicted molar refractivity (Wildman–Crippen MR) is 103 cm³/mol. The SMILES string of the molecule is CCCC.NC(=O)C(Cc1ccccc1)NC(=O)OCc1ccccc1. The zero-order valence-corrected chi connectivity index (χ0v) is 15.5.